The molecule has 0 aliphatic carbocycles. The maximum absolute atomic E-state index is 11.3. The Balaban J connectivity index is 1.97. The number of hydrogen-bond acceptors (Lipinski definition) is 3. The van der Waals surface area contributed by atoms with Gasteiger partial charge in [0.25, 0.3) is 0 Å². The highest BCUT2D eigenvalue weighted by Crippen LogP contribution is 2.29. The lowest BCUT2D eigenvalue weighted by Crippen LogP contribution is -1.98. The molecule has 0 atom stereocenters. The van der Waals surface area contributed by atoms with Gasteiger partial charge < -0.3 is 9.47 Å². The number of allylic oxidation sites excluding steroid dienone is 1. The van der Waals surface area contributed by atoms with Crippen LogP contribution in [0.15, 0.2) is 30.9 Å². The van der Waals surface area contributed by atoms with Crippen molar-refractivity contribution >= 4 is 5.78 Å². The molecule has 3 heteroatoms. The second-order valence-corrected chi connectivity index (χ2v) is 3.65. The van der Waals surface area contributed by atoms with E-state index in [1.54, 1.807) is 18.2 Å². The largest absolute Gasteiger partial charge is 0.493 e. The van der Waals surface area contributed by atoms with Crippen LogP contribution in [-0.2, 0) is 0 Å². The average Bonchev–Trinajstić information content (AvgIpc) is 2.66. The Morgan fingerprint density at radius 3 is 3.19 bits per heavy atom. The molecule has 2 rings (SSSR count). The van der Waals surface area contributed by atoms with Gasteiger partial charge in [-0.1, -0.05) is 6.08 Å². The number of unbranched alkanes of at least 4 members (excludes halogenated alkanes) is 1. The molecule has 3 nitrogen and oxygen atoms in total. The van der Waals surface area contributed by atoms with Gasteiger partial charge in [-0.25, -0.2) is 0 Å². The van der Waals surface area contributed by atoms with Gasteiger partial charge in [-0.2, -0.15) is 0 Å². The van der Waals surface area contributed by atoms with Crippen LogP contribution in [0.4, 0.5) is 0 Å². The monoisotopic (exact) mass is 218 g/mol. The summed E-state index contributed by atoms with van der Waals surface area (Å²) in [5.74, 6) is 1.41. The van der Waals surface area contributed by atoms with Crippen LogP contribution in [0.5, 0.6) is 11.5 Å². The van der Waals surface area contributed by atoms with E-state index in [1.165, 1.54) is 0 Å². The lowest BCUT2D eigenvalue weighted by Gasteiger charge is -2.06. The van der Waals surface area contributed by atoms with Gasteiger partial charge in [-0.3, -0.25) is 4.79 Å². The van der Waals surface area contributed by atoms with Crippen LogP contribution in [0, 0.1) is 0 Å². The van der Waals surface area contributed by atoms with E-state index in [0.29, 0.717) is 17.9 Å². The number of ether oxygens (including phenoxy) is 2. The van der Waals surface area contributed by atoms with Crippen LogP contribution in [0.3, 0.4) is 0 Å². The summed E-state index contributed by atoms with van der Waals surface area (Å²) in [7, 11) is 0. The van der Waals surface area contributed by atoms with Crippen molar-refractivity contribution in [3.8, 4) is 11.5 Å². The minimum Gasteiger partial charge on any atom is -0.493 e. The zero-order chi connectivity index (χ0) is 11.4. The van der Waals surface area contributed by atoms with Crippen molar-refractivity contribution in [2.45, 2.75) is 12.8 Å². The molecule has 0 spiro atoms. The lowest BCUT2D eigenvalue weighted by molar-refractivity contribution is 0.0961. The summed E-state index contributed by atoms with van der Waals surface area (Å²) in [5.41, 5.74) is 0.651. The fraction of sp³-hybridized carbons (Fsp3) is 0.308. The van der Waals surface area contributed by atoms with Crippen LogP contribution in [0.25, 0.3) is 0 Å². The van der Waals surface area contributed by atoms with Gasteiger partial charge in [0.15, 0.2) is 6.61 Å². The fourth-order valence-electron chi connectivity index (χ4n) is 1.58. The average molecular weight is 218 g/mol. The van der Waals surface area contributed by atoms with Crippen LogP contribution in [-0.4, -0.2) is 19.0 Å². The zero-order valence-corrected chi connectivity index (χ0v) is 9.07. The van der Waals surface area contributed by atoms with Gasteiger partial charge in [0.05, 0.1) is 12.2 Å². The van der Waals surface area contributed by atoms with E-state index in [2.05, 4.69) is 6.58 Å². The lowest BCUT2D eigenvalue weighted by atomic mass is 10.1. The normalized spacial score (nSPS) is 13.1. The van der Waals surface area contributed by atoms with Crippen molar-refractivity contribution in [2.75, 3.05) is 13.2 Å². The standard InChI is InChI=1S/C13H14O3/c1-2-3-4-7-15-10-5-6-11-12(14)9-16-13(11)8-10/h2,5-6,8H,1,3-4,7,9H2. The first-order chi connectivity index (χ1) is 7.81. The van der Waals surface area contributed by atoms with Crippen LogP contribution in [0.2, 0.25) is 0 Å². The van der Waals surface area contributed by atoms with E-state index in [9.17, 15) is 4.79 Å². The molecule has 0 bridgehead atoms. The number of benzene rings is 1. The molecular formula is C13H14O3. The van der Waals surface area contributed by atoms with E-state index < -0.39 is 0 Å². The molecule has 84 valence electrons. The second-order valence-electron chi connectivity index (χ2n) is 3.65. The highest BCUT2D eigenvalue weighted by molar-refractivity contribution is 6.02. The minimum atomic E-state index is 0.0354. The maximum atomic E-state index is 11.3. The highest BCUT2D eigenvalue weighted by atomic mass is 16.5. The van der Waals surface area contributed by atoms with E-state index >= 15 is 0 Å². The molecular weight excluding hydrogens is 204 g/mol. The van der Waals surface area contributed by atoms with E-state index in [4.69, 9.17) is 9.47 Å². The van der Waals surface area contributed by atoms with Crippen molar-refractivity contribution in [1.29, 1.82) is 0 Å². The van der Waals surface area contributed by atoms with E-state index in [-0.39, 0.29) is 12.4 Å². The molecule has 0 N–H and O–H groups in total. The summed E-state index contributed by atoms with van der Waals surface area (Å²) in [6, 6.07) is 5.33. The summed E-state index contributed by atoms with van der Waals surface area (Å²) in [5, 5.41) is 0. The fourth-order valence-corrected chi connectivity index (χ4v) is 1.58. The summed E-state index contributed by atoms with van der Waals surface area (Å²) >= 11 is 0. The predicted molar refractivity (Wildman–Crippen MR) is 61.2 cm³/mol. The van der Waals surface area contributed by atoms with E-state index in [1.807, 2.05) is 6.08 Å². The molecule has 0 amide bonds. The Morgan fingerprint density at radius 1 is 1.50 bits per heavy atom. The molecule has 1 aromatic rings. The van der Waals surface area contributed by atoms with Gasteiger partial charge >= 0.3 is 0 Å². The number of hydrogen-bond donors (Lipinski definition) is 0. The molecule has 1 aliphatic heterocycles. The van der Waals surface area contributed by atoms with Gasteiger partial charge in [-0.15, -0.1) is 6.58 Å². The molecule has 0 saturated heterocycles. The number of ketones is 1. The smallest absolute Gasteiger partial charge is 0.203 e. The third-order valence-corrected chi connectivity index (χ3v) is 2.43. The number of Topliss-reactive ketones (excluding diaryl/α,β-unsaturated/α-hetero) is 1. The zero-order valence-electron chi connectivity index (χ0n) is 9.07. The van der Waals surface area contributed by atoms with Crippen LogP contribution >= 0.6 is 0 Å². The molecule has 1 heterocycles. The Morgan fingerprint density at radius 2 is 2.38 bits per heavy atom. The predicted octanol–water partition coefficient (Wildman–Crippen LogP) is 2.61. The van der Waals surface area contributed by atoms with Gasteiger partial charge in [0.2, 0.25) is 5.78 Å². The minimum absolute atomic E-state index is 0.0354. The summed E-state index contributed by atoms with van der Waals surface area (Å²) in [4.78, 5) is 11.3. The molecule has 0 aromatic heterocycles. The number of rotatable bonds is 5. The van der Waals surface area contributed by atoms with Gasteiger partial charge in [0, 0.05) is 6.07 Å². The van der Waals surface area contributed by atoms with Crippen LogP contribution < -0.4 is 9.47 Å². The number of fused-ring (bicyclic) bond motifs is 1. The van der Waals surface area contributed by atoms with Crippen molar-refractivity contribution < 1.29 is 14.3 Å². The number of carbonyl (C=O) groups excluding carboxylic acids is 1. The quantitative estimate of drug-likeness (QED) is 0.563. The first-order valence-electron chi connectivity index (χ1n) is 5.35. The first kappa shape index (κ1) is 10.7. The molecule has 16 heavy (non-hydrogen) atoms. The second kappa shape index (κ2) is 4.84. The van der Waals surface area contributed by atoms with Crippen molar-refractivity contribution in [3.05, 3.63) is 36.4 Å². The van der Waals surface area contributed by atoms with Crippen molar-refractivity contribution in [3.63, 3.8) is 0 Å². The third-order valence-electron chi connectivity index (χ3n) is 2.43. The maximum Gasteiger partial charge on any atom is 0.203 e. The SMILES string of the molecule is C=CCCCOc1ccc2c(c1)OCC2=O. The Bertz CT molecular complexity index is 410. The first-order valence-corrected chi connectivity index (χ1v) is 5.35. The Hall–Kier alpha value is -1.77. The molecule has 0 radical (unpaired) electrons. The molecule has 1 aromatic carbocycles. The summed E-state index contributed by atoms with van der Waals surface area (Å²) in [6.07, 6.45) is 3.76. The topological polar surface area (TPSA) is 35.5 Å². The van der Waals surface area contributed by atoms with Crippen molar-refractivity contribution in [1.82, 2.24) is 0 Å². The summed E-state index contributed by atoms with van der Waals surface area (Å²) in [6.45, 7) is 4.45. The Kier molecular flexibility index (Phi) is 3.25. The van der Waals surface area contributed by atoms with Gasteiger partial charge in [0.1, 0.15) is 11.5 Å². The summed E-state index contributed by atoms with van der Waals surface area (Å²) < 4.78 is 10.8. The Labute approximate surface area is 94.7 Å². The molecule has 1 aliphatic rings. The van der Waals surface area contributed by atoms with Crippen LogP contribution in [0.1, 0.15) is 23.2 Å². The number of carbonyl (C=O) groups is 1. The molecule has 0 saturated carbocycles. The van der Waals surface area contributed by atoms with Gasteiger partial charge in [-0.05, 0) is 25.0 Å². The molecule has 0 unspecified atom stereocenters. The third kappa shape index (κ3) is 2.24. The van der Waals surface area contributed by atoms with E-state index in [0.717, 1.165) is 18.6 Å². The molecule has 0 fully saturated rings. The highest BCUT2D eigenvalue weighted by Gasteiger charge is 2.21. The van der Waals surface area contributed by atoms with Crippen molar-refractivity contribution in [2.24, 2.45) is 0 Å².